The Morgan fingerprint density at radius 1 is 0.979 bits per heavy atom. The highest BCUT2D eigenvalue weighted by Gasteiger charge is 2.24. The van der Waals surface area contributed by atoms with Gasteiger partial charge < -0.3 is 25.6 Å². The highest BCUT2D eigenvalue weighted by atomic mass is 35.5. The van der Waals surface area contributed by atoms with Crippen LogP contribution in [-0.2, 0) is 6.54 Å². The van der Waals surface area contributed by atoms with Gasteiger partial charge in [0, 0.05) is 41.7 Å². The summed E-state index contributed by atoms with van der Waals surface area (Å²) in [5.74, 6) is 0.548. The first-order valence-corrected chi connectivity index (χ1v) is 16.7. The summed E-state index contributed by atoms with van der Waals surface area (Å²) in [6.45, 7) is 3.63. The number of nitrogens with zero attached hydrogens (tertiary/aromatic N) is 4. The molecule has 13 heteroatoms. The van der Waals surface area contributed by atoms with Crippen LogP contribution < -0.4 is 26.2 Å². The number of aryl methyl sites for hydroxylation is 1. The van der Waals surface area contributed by atoms with E-state index in [1.807, 2.05) is 36.4 Å². The molecule has 0 atom stereocenters. The van der Waals surface area contributed by atoms with Gasteiger partial charge in [0.05, 0.1) is 28.0 Å². The molecule has 2 heterocycles. The van der Waals surface area contributed by atoms with Crippen molar-refractivity contribution >= 4 is 46.5 Å². The zero-order valence-corrected chi connectivity index (χ0v) is 28.7. The van der Waals surface area contributed by atoms with Crippen molar-refractivity contribution in [1.29, 1.82) is 0 Å². The van der Waals surface area contributed by atoms with Crippen molar-refractivity contribution in [1.82, 2.24) is 25.0 Å². The predicted molar refractivity (Wildman–Crippen MR) is 190 cm³/mol. The first kappa shape index (κ1) is 34.9. The fourth-order valence-corrected chi connectivity index (χ4v) is 5.50. The number of benzene rings is 2. The Kier molecular flexibility index (Phi) is 11.7. The Morgan fingerprint density at radius 2 is 1.73 bits per heavy atom. The van der Waals surface area contributed by atoms with Crippen LogP contribution in [0.15, 0.2) is 65.7 Å². The molecule has 0 bridgehead atoms. The maximum Gasteiger partial charge on any atom is 0.323 e. The summed E-state index contributed by atoms with van der Waals surface area (Å²) < 4.78 is 7.55. The summed E-state index contributed by atoms with van der Waals surface area (Å²) in [5, 5.41) is 13.1. The van der Waals surface area contributed by atoms with Gasteiger partial charge in [-0.25, -0.2) is 9.48 Å². The van der Waals surface area contributed by atoms with Crippen molar-refractivity contribution in [3.63, 3.8) is 0 Å². The summed E-state index contributed by atoms with van der Waals surface area (Å²) in [6.07, 6.45) is 7.72. The fraction of sp³-hybridized carbons (Fsp3) is 0.343. The predicted octanol–water partition coefficient (Wildman–Crippen LogP) is 6.95. The molecule has 1 saturated carbocycles. The van der Waals surface area contributed by atoms with Crippen LogP contribution in [-0.4, -0.2) is 64.9 Å². The van der Waals surface area contributed by atoms with E-state index >= 15 is 0 Å². The van der Waals surface area contributed by atoms with Gasteiger partial charge in [0.25, 0.3) is 11.5 Å². The minimum Gasteiger partial charge on any atom is -0.493 e. The zero-order chi connectivity index (χ0) is 34.2. The second-order valence-electron chi connectivity index (χ2n) is 11.9. The van der Waals surface area contributed by atoms with Gasteiger partial charge in [-0.05, 0) is 95.6 Å². The van der Waals surface area contributed by atoms with Crippen LogP contribution in [0.2, 0.25) is 10.0 Å². The minimum absolute atomic E-state index is 0.0167. The normalized spacial score (nSPS) is 12.5. The summed E-state index contributed by atoms with van der Waals surface area (Å²) in [5.41, 5.74) is 2.98. The third-order valence-corrected chi connectivity index (χ3v) is 8.32. The summed E-state index contributed by atoms with van der Waals surface area (Å²) >= 11 is 12.3. The molecule has 11 nitrogen and oxygen atoms in total. The second-order valence-corrected chi connectivity index (χ2v) is 12.7. The van der Waals surface area contributed by atoms with Crippen molar-refractivity contribution in [2.75, 3.05) is 37.9 Å². The van der Waals surface area contributed by atoms with Crippen LogP contribution in [0, 0.1) is 0 Å². The van der Waals surface area contributed by atoms with Crippen LogP contribution >= 0.6 is 23.2 Å². The van der Waals surface area contributed by atoms with Crippen LogP contribution in [0.3, 0.4) is 0 Å². The molecule has 2 aromatic heterocycles. The molecule has 0 aliphatic heterocycles. The Morgan fingerprint density at radius 3 is 2.44 bits per heavy atom. The average molecular weight is 693 g/mol. The smallest absolute Gasteiger partial charge is 0.323 e. The maximum atomic E-state index is 13.2. The monoisotopic (exact) mass is 691 g/mol. The number of carbonyl (C=O) groups excluding carboxylic acids is 2. The zero-order valence-electron chi connectivity index (χ0n) is 27.2. The number of ether oxygens (including phenoxy) is 1. The topological polar surface area (TPSA) is 130 Å². The lowest BCUT2D eigenvalue weighted by molar-refractivity contribution is 0.0951. The molecule has 252 valence electrons. The number of urea groups is 1. The first-order chi connectivity index (χ1) is 23.1. The van der Waals surface area contributed by atoms with E-state index in [2.05, 4.69) is 45.0 Å². The number of hydrogen-bond donors (Lipinski definition) is 3. The standard InChI is InChI=1S/C35H39Cl2N7O4/c1-4-44-34(46)30(40-35(47)41-32-27(36)20-38-21-28(32)37)19-29(42-44)23-10-8-9-22(17-23)26-18-24(33(45)39-25-12-13-25)11-14-31(26)48-16-7-5-6-15-43(2)3/h8-11,14,17-21,25H,4-7,12-13,15-16H2,1-3H3,(H,39,45)(H2,38,40,41,47). The fourth-order valence-electron chi connectivity index (χ4n) is 5.04. The number of carbonyl (C=O) groups is 2. The third kappa shape index (κ3) is 9.12. The molecule has 0 radical (unpaired) electrons. The first-order valence-electron chi connectivity index (χ1n) is 16.0. The van der Waals surface area contributed by atoms with Gasteiger partial charge in [-0.15, -0.1) is 0 Å². The number of amides is 3. The van der Waals surface area contributed by atoms with Crippen molar-refractivity contribution in [3.05, 3.63) is 86.9 Å². The summed E-state index contributed by atoms with van der Waals surface area (Å²) in [6, 6.07) is 14.1. The number of nitrogens with one attached hydrogen (secondary N) is 3. The molecule has 3 N–H and O–H groups in total. The number of halogens is 2. The summed E-state index contributed by atoms with van der Waals surface area (Å²) in [4.78, 5) is 45.1. The number of unbranched alkanes of at least 4 members (excludes halogenated alkanes) is 2. The average Bonchev–Trinajstić information content (AvgIpc) is 3.89. The SMILES string of the molecule is CCn1nc(-c2cccc(-c3cc(C(=O)NC4CC4)ccc3OCCCCCN(C)C)c2)cc(NC(=O)Nc2c(Cl)cncc2Cl)c1=O. The molecule has 1 aliphatic carbocycles. The second kappa shape index (κ2) is 16.1. The molecular formula is C35H39Cl2N7O4. The molecule has 5 rings (SSSR count). The van der Waals surface area contributed by atoms with E-state index in [9.17, 15) is 14.4 Å². The molecule has 48 heavy (non-hydrogen) atoms. The lowest BCUT2D eigenvalue weighted by Crippen LogP contribution is -2.29. The molecule has 3 amide bonds. The number of rotatable bonds is 14. The highest BCUT2D eigenvalue weighted by molar-refractivity contribution is 6.39. The molecule has 0 saturated heterocycles. The van der Waals surface area contributed by atoms with E-state index in [4.69, 9.17) is 27.9 Å². The lowest BCUT2D eigenvalue weighted by atomic mass is 9.98. The van der Waals surface area contributed by atoms with Gasteiger partial charge in [-0.3, -0.25) is 14.6 Å². The van der Waals surface area contributed by atoms with Crippen molar-refractivity contribution in [3.8, 4) is 28.1 Å². The Balaban J connectivity index is 1.43. The molecule has 1 aliphatic rings. The molecular weight excluding hydrogens is 653 g/mol. The van der Waals surface area contributed by atoms with Crippen molar-refractivity contribution < 1.29 is 14.3 Å². The van der Waals surface area contributed by atoms with Gasteiger partial charge in [0.1, 0.15) is 11.4 Å². The van der Waals surface area contributed by atoms with Gasteiger partial charge in [0.15, 0.2) is 0 Å². The molecule has 0 spiro atoms. The number of hydrogen-bond acceptors (Lipinski definition) is 7. The minimum atomic E-state index is -0.708. The Labute approximate surface area is 289 Å². The van der Waals surface area contributed by atoms with Gasteiger partial charge in [-0.2, -0.15) is 5.10 Å². The van der Waals surface area contributed by atoms with Crippen LogP contribution in [0.5, 0.6) is 5.75 Å². The van der Waals surface area contributed by atoms with Crippen LogP contribution in [0.1, 0.15) is 49.4 Å². The third-order valence-electron chi connectivity index (χ3n) is 7.74. The number of aromatic nitrogens is 3. The van der Waals surface area contributed by atoms with E-state index in [1.165, 1.54) is 23.1 Å². The van der Waals surface area contributed by atoms with Gasteiger partial charge in [-0.1, -0.05) is 41.4 Å². The van der Waals surface area contributed by atoms with Crippen molar-refractivity contribution in [2.45, 2.75) is 51.6 Å². The number of pyridine rings is 1. The van der Waals surface area contributed by atoms with Crippen molar-refractivity contribution in [2.24, 2.45) is 0 Å². The highest BCUT2D eigenvalue weighted by Crippen LogP contribution is 2.34. The van der Waals surface area contributed by atoms with Crippen LogP contribution in [0.4, 0.5) is 16.2 Å². The molecule has 2 aromatic carbocycles. The molecule has 0 unspecified atom stereocenters. The quantitative estimate of drug-likeness (QED) is 0.122. The van der Waals surface area contributed by atoms with Crippen LogP contribution in [0.25, 0.3) is 22.4 Å². The summed E-state index contributed by atoms with van der Waals surface area (Å²) in [7, 11) is 4.13. The number of anilines is 2. The molecule has 4 aromatic rings. The maximum absolute atomic E-state index is 13.2. The largest absolute Gasteiger partial charge is 0.493 e. The lowest BCUT2D eigenvalue weighted by Gasteiger charge is -2.15. The molecule has 1 fully saturated rings. The van der Waals surface area contributed by atoms with E-state index in [0.29, 0.717) is 29.2 Å². The van der Waals surface area contributed by atoms with E-state index in [1.54, 1.807) is 13.0 Å². The van der Waals surface area contributed by atoms with E-state index in [0.717, 1.165) is 49.8 Å². The Bertz CT molecular complexity index is 1820. The van der Waals surface area contributed by atoms with E-state index in [-0.39, 0.29) is 39.9 Å². The van der Waals surface area contributed by atoms with Gasteiger partial charge in [0.2, 0.25) is 0 Å². The van der Waals surface area contributed by atoms with E-state index < -0.39 is 11.6 Å². The van der Waals surface area contributed by atoms with Gasteiger partial charge >= 0.3 is 6.03 Å². The Hall–Kier alpha value is -4.45.